The standard InChI is InChI=1S/C16H19N7O/c1-21(2)7-13-8-23(20-18-13)14-9-22(10-14)16(24)11-3-4-15-12(5-11)6-17-19-15/h3-6,8,14H,7,9-10H2,1-2H3,(H,17,19). The van der Waals surface area contributed by atoms with Crippen LogP contribution in [0, 0.1) is 0 Å². The molecule has 1 aromatic carbocycles. The van der Waals surface area contributed by atoms with Crippen molar-refractivity contribution >= 4 is 16.8 Å². The average Bonchev–Trinajstić information content (AvgIpc) is 3.13. The fourth-order valence-electron chi connectivity index (χ4n) is 2.94. The molecule has 0 atom stereocenters. The van der Waals surface area contributed by atoms with E-state index in [4.69, 9.17) is 0 Å². The zero-order valence-electron chi connectivity index (χ0n) is 13.7. The van der Waals surface area contributed by atoms with Crippen LogP contribution in [0.5, 0.6) is 0 Å². The van der Waals surface area contributed by atoms with Gasteiger partial charge in [0, 0.05) is 30.6 Å². The highest BCUT2D eigenvalue weighted by atomic mass is 16.2. The van der Waals surface area contributed by atoms with Crippen LogP contribution in [0.2, 0.25) is 0 Å². The molecule has 0 spiro atoms. The van der Waals surface area contributed by atoms with Crippen molar-refractivity contribution in [2.75, 3.05) is 27.2 Å². The number of likely N-dealkylation sites (tertiary alicyclic amines) is 1. The molecule has 1 fully saturated rings. The van der Waals surface area contributed by atoms with E-state index in [0.29, 0.717) is 18.7 Å². The molecule has 4 rings (SSSR count). The van der Waals surface area contributed by atoms with Crippen molar-refractivity contribution in [1.82, 2.24) is 35.0 Å². The number of hydrogen-bond donors (Lipinski definition) is 1. The summed E-state index contributed by atoms with van der Waals surface area (Å²) in [6.07, 6.45) is 3.69. The molecule has 0 aliphatic carbocycles. The van der Waals surface area contributed by atoms with Crippen molar-refractivity contribution in [3.8, 4) is 0 Å². The Morgan fingerprint density at radius 2 is 2.21 bits per heavy atom. The van der Waals surface area contributed by atoms with Crippen LogP contribution in [0.25, 0.3) is 10.9 Å². The highest BCUT2D eigenvalue weighted by Gasteiger charge is 2.33. The van der Waals surface area contributed by atoms with E-state index >= 15 is 0 Å². The van der Waals surface area contributed by atoms with Gasteiger partial charge in [0.25, 0.3) is 5.91 Å². The van der Waals surface area contributed by atoms with Crippen LogP contribution in [0.3, 0.4) is 0 Å². The third kappa shape index (κ3) is 2.65. The Balaban J connectivity index is 1.41. The predicted molar refractivity (Wildman–Crippen MR) is 88.4 cm³/mol. The van der Waals surface area contributed by atoms with Gasteiger partial charge in [0.2, 0.25) is 0 Å². The maximum Gasteiger partial charge on any atom is 0.254 e. The number of nitrogens with zero attached hydrogens (tertiary/aromatic N) is 6. The third-order valence-corrected chi connectivity index (χ3v) is 4.25. The normalized spacial score (nSPS) is 15.2. The van der Waals surface area contributed by atoms with Crippen LogP contribution < -0.4 is 0 Å². The second-order valence-corrected chi connectivity index (χ2v) is 6.46. The molecule has 1 amide bonds. The zero-order valence-corrected chi connectivity index (χ0v) is 13.7. The van der Waals surface area contributed by atoms with Crippen molar-refractivity contribution in [1.29, 1.82) is 0 Å². The molecule has 0 radical (unpaired) electrons. The summed E-state index contributed by atoms with van der Waals surface area (Å²) in [5.41, 5.74) is 2.56. The fourth-order valence-corrected chi connectivity index (χ4v) is 2.94. The number of carbonyl (C=O) groups is 1. The molecule has 1 N–H and O–H groups in total. The summed E-state index contributed by atoms with van der Waals surface area (Å²) in [5.74, 6) is 0.0444. The van der Waals surface area contributed by atoms with Crippen LogP contribution in [-0.2, 0) is 6.54 Å². The topological polar surface area (TPSA) is 82.9 Å². The number of aromatic nitrogens is 5. The third-order valence-electron chi connectivity index (χ3n) is 4.25. The van der Waals surface area contributed by atoms with Gasteiger partial charge in [0.15, 0.2) is 0 Å². The molecule has 0 saturated carbocycles. The predicted octanol–water partition coefficient (Wildman–Crippen LogP) is 0.913. The quantitative estimate of drug-likeness (QED) is 0.771. The molecule has 124 valence electrons. The molecule has 1 saturated heterocycles. The zero-order chi connectivity index (χ0) is 16.7. The van der Waals surface area contributed by atoms with Crippen molar-refractivity contribution in [3.05, 3.63) is 41.9 Å². The van der Waals surface area contributed by atoms with E-state index in [1.165, 1.54) is 0 Å². The molecule has 1 aliphatic heterocycles. The number of H-pyrrole nitrogens is 1. The van der Waals surface area contributed by atoms with Crippen LogP contribution in [0.4, 0.5) is 0 Å². The molecule has 3 aromatic rings. The van der Waals surface area contributed by atoms with E-state index in [-0.39, 0.29) is 11.9 Å². The van der Waals surface area contributed by atoms with Gasteiger partial charge in [-0.1, -0.05) is 5.21 Å². The molecule has 8 nitrogen and oxygen atoms in total. The number of benzene rings is 1. The van der Waals surface area contributed by atoms with Crippen LogP contribution >= 0.6 is 0 Å². The Morgan fingerprint density at radius 3 is 3.00 bits per heavy atom. The molecule has 0 unspecified atom stereocenters. The Bertz CT molecular complexity index is 875. The van der Waals surface area contributed by atoms with Gasteiger partial charge in [0.1, 0.15) is 0 Å². The molecule has 0 bridgehead atoms. The summed E-state index contributed by atoms with van der Waals surface area (Å²) >= 11 is 0. The monoisotopic (exact) mass is 325 g/mol. The summed E-state index contributed by atoms with van der Waals surface area (Å²) in [6, 6.07) is 5.80. The summed E-state index contributed by atoms with van der Waals surface area (Å²) in [5, 5.41) is 16.2. The first-order valence-corrected chi connectivity index (χ1v) is 7.88. The number of aromatic amines is 1. The maximum absolute atomic E-state index is 12.6. The highest BCUT2D eigenvalue weighted by molar-refractivity contribution is 5.98. The Hall–Kier alpha value is -2.74. The second kappa shape index (κ2) is 5.72. The highest BCUT2D eigenvalue weighted by Crippen LogP contribution is 2.24. The second-order valence-electron chi connectivity index (χ2n) is 6.46. The SMILES string of the molecule is CN(C)Cc1cn(C2CN(C(=O)c3ccc4[nH]ncc4c3)C2)nn1. The molecule has 1 aliphatic rings. The molecule has 3 heterocycles. The molecular weight excluding hydrogens is 306 g/mol. The lowest BCUT2D eigenvalue weighted by atomic mass is 10.1. The van der Waals surface area contributed by atoms with Crippen molar-refractivity contribution in [2.45, 2.75) is 12.6 Å². The molecule has 2 aromatic heterocycles. The number of fused-ring (bicyclic) bond motifs is 1. The minimum atomic E-state index is 0.0444. The summed E-state index contributed by atoms with van der Waals surface area (Å²) in [4.78, 5) is 16.4. The van der Waals surface area contributed by atoms with Gasteiger partial charge in [-0.15, -0.1) is 5.10 Å². The minimum absolute atomic E-state index is 0.0444. The van der Waals surface area contributed by atoms with Crippen molar-refractivity contribution < 1.29 is 4.79 Å². The Labute approximate surface area is 139 Å². The van der Waals surface area contributed by atoms with Gasteiger partial charge in [-0.2, -0.15) is 5.10 Å². The summed E-state index contributed by atoms with van der Waals surface area (Å²) in [7, 11) is 4.00. The van der Waals surface area contributed by atoms with Crippen LogP contribution in [0.1, 0.15) is 22.1 Å². The first-order valence-electron chi connectivity index (χ1n) is 7.88. The first-order chi connectivity index (χ1) is 11.6. The largest absolute Gasteiger partial charge is 0.334 e. The first kappa shape index (κ1) is 14.8. The average molecular weight is 325 g/mol. The van der Waals surface area contributed by atoms with Crippen molar-refractivity contribution in [2.24, 2.45) is 0 Å². The van der Waals surface area contributed by atoms with Gasteiger partial charge in [0.05, 0.1) is 29.6 Å². The van der Waals surface area contributed by atoms with Gasteiger partial charge in [-0.3, -0.25) is 9.89 Å². The smallest absolute Gasteiger partial charge is 0.254 e. The fraction of sp³-hybridized carbons (Fsp3) is 0.375. The lowest BCUT2D eigenvalue weighted by molar-refractivity contribution is 0.0498. The van der Waals surface area contributed by atoms with Crippen LogP contribution in [0.15, 0.2) is 30.6 Å². The van der Waals surface area contributed by atoms with Gasteiger partial charge in [-0.25, -0.2) is 4.68 Å². The van der Waals surface area contributed by atoms with E-state index in [9.17, 15) is 4.79 Å². The van der Waals surface area contributed by atoms with E-state index < -0.39 is 0 Å². The van der Waals surface area contributed by atoms with E-state index in [2.05, 4.69) is 25.4 Å². The summed E-state index contributed by atoms with van der Waals surface area (Å²) < 4.78 is 1.86. The number of nitrogens with one attached hydrogen (secondary N) is 1. The molecular formula is C16H19N7O. The number of carbonyl (C=O) groups excluding carboxylic acids is 1. The van der Waals surface area contributed by atoms with Crippen LogP contribution in [-0.4, -0.2) is 68.1 Å². The summed E-state index contributed by atoms with van der Waals surface area (Å²) in [6.45, 7) is 2.08. The van der Waals surface area contributed by atoms with Gasteiger partial charge in [-0.05, 0) is 32.3 Å². The number of amides is 1. The lowest BCUT2D eigenvalue weighted by Gasteiger charge is -2.38. The van der Waals surface area contributed by atoms with Gasteiger partial charge >= 0.3 is 0 Å². The van der Waals surface area contributed by atoms with E-state index in [1.807, 2.05) is 48.1 Å². The van der Waals surface area contributed by atoms with Gasteiger partial charge < -0.3 is 9.80 Å². The van der Waals surface area contributed by atoms with Crippen molar-refractivity contribution in [3.63, 3.8) is 0 Å². The molecule has 8 heteroatoms. The lowest BCUT2D eigenvalue weighted by Crippen LogP contribution is -2.50. The minimum Gasteiger partial charge on any atom is -0.334 e. The number of hydrogen-bond acceptors (Lipinski definition) is 5. The van der Waals surface area contributed by atoms with E-state index in [0.717, 1.165) is 23.1 Å². The Kier molecular flexibility index (Phi) is 3.53. The number of rotatable bonds is 4. The maximum atomic E-state index is 12.6. The Morgan fingerprint density at radius 1 is 1.38 bits per heavy atom. The molecule has 24 heavy (non-hydrogen) atoms. The van der Waals surface area contributed by atoms with E-state index in [1.54, 1.807) is 6.20 Å².